The summed E-state index contributed by atoms with van der Waals surface area (Å²) in [6, 6.07) is 16.1. The van der Waals surface area contributed by atoms with Crippen molar-refractivity contribution in [3.05, 3.63) is 65.7 Å². The zero-order valence-electron chi connectivity index (χ0n) is 16.0. The van der Waals surface area contributed by atoms with Crippen LogP contribution in [0.3, 0.4) is 0 Å². The number of rotatable bonds is 4. The number of carbonyl (C=O) groups is 1. The number of sulfonamides is 1. The fourth-order valence-electron chi connectivity index (χ4n) is 4.54. The molecule has 2 aromatic rings. The second kappa shape index (κ2) is 7.68. The molecule has 2 saturated heterocycles. The SMILES string of the molecule is Cc1ccc(C(=O)NC2C[C@@H]3CCC[C@@H](C2)N3S(=O)(=O)c2ccccc2)cc1. The van der Waals surface area contributed by atoms with Crippen LogP contribution >= 0.6 is 0 Å². The molecule has 0 saturated carbocycles. The summed E-state index contributed by atoms with van der Waals surface area (Å²) in [7, 11) is -3.51. The molecule has 0 spiro atoms. The highest BCUT2D eigenvalue weighted by molar-refractivity contribution is 7.89. The van der Waals surface area contributed by atoms with Gasteiger partial charge in [0.1, 0.15) is 0 Å². The van der Waals surface area contributed by atoms with Gasteiger partial charge in [-0.15, -0.1) is 0 Å². The first kappa shape index (κ1) is 19.2. The molecule has 0 radical (unpaired) electrons. The van der Waals surface area contributed by atoms with Crippen molar-refractivity contribution in [3.63, 3.8) is 0 Å². The number of piperidine rings is 2. The van der Waals surface area contributed by atoms with E-state index >= 15 is 0 Å². The molecule has 1 amide bonds. The van der Waals surface area contributed by atoms with Crippen molar-refractivity contribution in [3.8, 4) is 0 Å². The Bertz CT molecular complexity index is 928. The number of amides is 1. The zero-order valence-corrected chi connectivity index (χ0v) is 16.9. The van der Waals surface area contributed by atoms with E-state index in [0.29, 0.717) is 23.3 Å². The third kappa shape index (κ3) is 3.71. The predicted molar refractivity (Wildman–Crippen MR) is 109 cm³/mol. The summed E-state index contributed by atoms with van der Waals surface area (Å²) in [6.07, 6.45) is 4.06. The van der Waals surface area contributed by atoms with Gasteiger partial charge in [0, 0.05) is 23.7 Å². The van der Waals surface area contributed by atoms with Gasteiger partial charge in [-0.05, 0) is 56.9 Å². The maximum absolute atomic E-state index is 13.2. The highest BCUT2D eigenvalue weighted by atomic mass is 32.2. The lowest BCUT2D eigenvalue weighted by Crippen LogP contribution is -2.58. The Balaban J connectivity index is 1.51. The maximum Gasteiger partial charge on any atom is 0.251 e. The van der Waals surface area contributed by atoms with Crippen LogP contribution in [0.2, 0.25) is 0 Å². The minimum atomic E-state index is -3.51. The number of hydrogen-bond acceptors (Lipinski definition) is 3. The van der Waals surface area contributed by atoms with Gasteiger partial charge in [-0.25, -0.2) is 8.42 Å². The van der Waals surface area contributed by atoms with Crippen LogP contribution in [0.15, 0.2) is 59.5 Å². The highest BCUT2D eigenvalue weighted by Crippen LogP contribution is 2.38. The fourth-order valence-corrected chi connectivity index (χ4v) is 6.45. The number of fused-ring (bicyclic) bond motifs is 2. The first-order valence-electron chi connectivity index (χ1n) is 9.91. The Kier molecular flexibility index (Phi) is 5.25. The molecule has 2 bridgehead atoms. The van der Waals surface area contributed by atoms with Crippen molar-refractivity contribution in [2.45, 2.75) is 62.0 Å². The van der Waals surface area contributed by atoms with Gasteiger partial charge in [-0.2, -0.15) is 4.31 Å². The van der Waals surface area contributed by atoms with E-state index in [9.17, 15) is 13.2 Å². The van der Waals surface area contributed by atoms with Gasteiger partial charge in [-0.1, -0.05) is 42.3 Å². The molecule has 2 aromatic carbocycles. The van der Waals surface area contributed by atoms with E-state index in [-0.39, 0.29) is 24.0 Å². The fraction of sp³-hybridized carbons (Fsp3) is 0.409. The van der Waals surface area contributed by atoms with Gasteiger partial charge in [0.2, 0.25) is 10.0 Å². The van der Waals surface area contributed by atoms with Gasteiger partial charge < -0.3 is 5.32 Å². The highest BCUT2D eigenvalue weighted by Gasteiger charge is 2.45. The zero-order chi connectivity index (χ0) is 19.7. The van der Waals surface area contributed by atoms with E-state index < -0.39 is 10.0 Å². The Hall–Kier alpha value is -2.18. The van der Waals surface area contributed by atoms with Crippen molar-refractivity contribution in [2.24, 2.45) is 0 Å². The Morgan fingerprint density at radius 3 is 2.18 bits per heavy atom. The molecule has 4 rings (SSSR count). The normalized spacial score (nSPS) is 25.2. The van der Waals surface area contributed by atoms with Crippen molar-refractivity contribution in [1.29, 1.82) is 0 Å². The number of carbonyl (C=O) groups excluding carboxylic acids is 1. The third-order valence-electron chi connectivity index (χ3n) is 5.88. The monoisotopic (exact) mass is 398 g/mol. The van der Waals surface area contributed by atoms with Crippen LogP contribution in [0.4, 0.5) is 0 Å². The van der Waals surface area contributed by atoms with Crippen LogP contribution < -0.4 is 5.32 Å². The van der Waals surface area contributed by atoms with E-state index in [0.717, 1.165) is 24.8 Å². The largest absolute Gasteiger partial charge is 0.349 e. The molecule has 2 fully saturated rings. The average molecular weight is 399 g/mol. The number of benzene rings is 2. The van der Waals surface area contributed by atoms with E-state index in [2.05, 4.69) is 5.32 Å². The smallest absolute Gasteiger partial charge is 0.251 e. The molecule has 2 atom stereocenters. The minimum Gasteiger partial charge on any atom is -0.349 e. The second-order valence-corrected chi connectivity index (χ2v) is 9.74. The topological polar surface area (TPSA) is 66.5 Å². The van der Waals surface area contributed by atoms with Gasteiger partial charge in [0.05, 0.1) is 4.90 Å². The van der Waals surface area contributed by atoms with Crippen LogP contribution in [-0.2, 0) is 10.0 Å². The second-order valence-electron chi connectivity index (χ2n) is 7.89. The van der Waals surface area contributed by atoms with E-state index in [4.69, 9.17) is 0 Å². The number of hydrogen-bond donors (Lipinski definition) is 1. The molecule has 28 heavy (non-hydrogen) atoms. The number of nitrogens with one attached hydrogen (secondary N) is 1. The Morgan fingerprint density at radius 1 is 0.964 bits per heavy atom. The van der Waals surface area contributed by atoms with Crippen LogP contribution in [0, 0.1) is 6.92 Å². The predicted octanol–water partition coefficient (Wildman–Crippen LogP) is 3.50. The van der Waals surface area contributed by atoms with Crippen molar-refractivity contribution >= 4 is 15.9 Å². The van der Waals surface area contributed by atoms with Crippen LogP contribution in [0.5, 0.6) is 0 Å². The summed E-state index contributed by atoms with van der Waals surface area (Å²) >= 11 is 0. The quantitative estimate of drug-likeness (QED) is 0.857. The number of aryl methyl sites for hydroxylation is 1. The summed E-state index contributed by atoms with van der Waals surface area (Å²) in [5, 5.41) is 3.13. The molecule has 0 aliphatic carbocycles. The summed E-state index contributed by atoms with van der Waals surface area (Å²) in [5.41, 5.74) is 1.76. The van der Waals surface area contributed by atoms with Gasteiger partial charge in [0.25, 0.3) is 5.91 Å². The van der Waals surface area contributed by atoms with Crippen LogP contribution in [0.1, 0.15) is 48.0 Å². The van der Waals surface area contributed by atoms with E-state index in [1.807, 2.05) is 37.3 Å². The third-order valence-corrected chi connectivity index (χ3v) is 7.89. The molecule has 2 aliphatic rings. The van der Waals surface area contributed by atoms with Gasteiger partial charge >= 0.3 is 0 Å². The molecule has 0 unspecified atom stereocenters. The Labute approximate surface area is 166 Å². The summed E-state index contributed by atoms with van der Waals surface area (Å²) in [5.74, 6) is -0.0811. The molecule has 0 aromatic heterocycles. The molecule has 2 heterocycles. The molecular weight excluding hydrogens is 372 g/mol. The maximum atomic E-state index is 13.2. The van der Waals surface area contributed by atoms with Crippen LogP contribution in [0.25, 0.3) is 0 Å². The molecule has 5 nitrogen and oxygen atoms in total. The van der Waals surface area contributed by atoms with Crippen molar-refractivity contribution in [2.75, 3.05) is 0 Å². The Morgan fingerprint density at radius 2 is 1.57 bits per heavy atom. The average Bonchev–Trinajstić information content (AvgIpc) is 2.68. The summed E-state index contributed by atoms with van der Waals surface area (Å²) < 4.78 is 28.2. The standard InChI is InChI=1S/C22H26N2O3S/c1-16-10-12-17(13-11-16)22(25)23-18-14-19-6-5-7-20(15-18)24(19)28(26,27)21-8-3-2-4-9-21/h2-4,8-13,18-20H,5-7,14-15H2,1H3,(H,23,25)/t19-,20-/m0/s1. The van der Waals surface area contributed by atoms with Gasteiger partial charge in [0.15, 0.2) is 0 Å². The molecule has 148 valence electrons. The van der Waals surface area contributed by atoms with Crippen molar-refractivity contribution in [1.82, 2.24) is 9.62 Å². The summed E-state index contributed by atoms with van der Waals surface area (Å²) in [4.78, 5) is 13.0. The molecule has 1 N–H and O–H groups in total. The first-order chi connectivity index (χ1) is 13.4. The summed E-state index contributed by atoms with van der Waals surface area (Å²) in [6.45, 7) is 1.99. The van der Waals surface area contributed by atoms with E-state index in [1.54, 1.807) is 28.6 Å². The minimum absolute atomic E-state index is 0.00586. The van der Waals surface area contributed by atoms with Crippen LogP contribution in [-0.4, -0.2) is 36.8 Å². The lowest BCUT2D eigenvalue weighted by atomic mass is 9.84. The van der Waals surface area contributed by atoms with Gasteiger partial charge in [-0.3, -0.25) is 4.79 Å². The molecule has 2 aliphatic heterocycles. The lowest BCUT2D eigenvalue weighted by molar-refractivity contribution is 0.0796. The molecular formula is C22H26N2O3S. The molecule has 6 heteroatoms. The van der Waals surface area contributed by atoms with Crippen molar-refractivity contribution < 1.29 is 13.2 Å². The first-order valence-corrected chi connectivity index (χ1v) is 11.4. The number of nitrogens with zero attached hydrogens (tertiary/aromatic N) is 1. The lowest BCUT2D eigenvalue weighted by Gasteiger charge is -2.47. The van der Waals surface area contributed by atoms with E-state index in [1.165, 1.54) is 0 Å².